The number of carboxylic acid groups (broad SMARTS) is 1. The van der Waals surface area contributed by atoms with Gasteiger partial charge >= 0.3 is 12.0 Å². The number of rotatable bonds is 4. The molecule has 2 amide bonds. The first kappa shape index (κ1) is 15.2. The maximum Gasteiger partial charge on any atom is 0.339 e. The standard InChI is InChI=1S/C15H20N2O4/c1-3-10-6-7-17(9-10)15(20)16-11-4-5-12(14(18)19)13(8-11)21-2/h4-5,8,10H,3,6-7,9H2,1-2H3,(H,16,20)(H,18,19). The van der Waals surface area contributed by atoms with E-state index in [0.29, 0.717) is 11.6 Å². The molecule has 2 N–H and O–H groups in total. The number of carbonyl (C=O) groups excluding carboxylic acids is 1. The second kappa shape index (κ2) is 6.47. The highest BCUT2D eigenvalue weighted by atomic mass is 16.5. The van der Waals surface area contributed by atoms with E-state index in [1.165, 1.54) is 19.2 Å². The molecule has 6 heteroatoms. The lowest BCUT2D eigenvalue weighted by atomic mass is 10.1. The third-order valence-electron chi connectivity index (χ3n) is 3.83. The Labute approximate surface area is 123 Å². The lowest BCUT2D eigenvalue weighted by Gasteiger charge is -2.17. The van der Waals surface area contributed by atoms with Crippen LogP contribution in [0, 0.1) is 5.92 Å². The largest absolute Gasteiger partial charge is 0.496 e. The van der Waals surface area contributed by atoms with Gasteiger partial charge in [0, 0.05) is 24.8 Å². The summed E-state index contributed by atoms with van der Waals surface area (Å²) in [5, 5.41) is 11.8. The number of amides is 2. The van der Waals surface area contributed by atoms with Crippen molar-refractivity contribution in [3.05, 3.63) is 23.8 Å². The van der Waals surface area contributed by atoms with Gasteiger partial charge in [-0.05, 0) is 24.5 Å². The summed E-state index contributed by atoms with van der Waals surface area (Å²) in [4.78, 5) is 25.0. The molecular formula is C15H20N2O4. The maximum atomic E-state index is 12.2. The number of hydrogen-bond acceptors (Lipinski definition) is 3. The van der Waals surface area contributed by atoms with Gasteiger partial charge in [0.1, 0.15) is 11.3 Å². The van der Waals surface area contributed by atoms with Crippen molar-refractivity contribution in [2.75, 3.05) is 25.5 Å². The molecule has 6 nitrogen and oxygen atoms in total. The Hall–Kier alpha value is -2.24. The van der Waals surface area contributed by atoms with E-state index in [1.54, 1.807) is 11.0 Å². The van der Waals surface area contributed by atoms with E-state index in [2.05, 4.69) is 12.2 Å². The summed E-state index contributed by atoms with van der Waals surface area (Å²) >= 11 is 0. The molecule has 2 rings (SSSR count). The number of anilines is 1. The van der Waals surface area contributed by atoms with Crippen molar-refractivity contribution < 1.29 is 19.4 Å². The molecule has 0 saturated carbocycles. The molecular weight excluding hydrogens is 272 g/mol. The van der Waals surface area contributed by atoms with Crippen molar-refractivity contribution in [1.82, 2.24) is 4.90 Å². The van der Waals surface area contributed by atoms with Gasteiger partial charge in [-0.3, -0.25) is 0 Å². The topological polar surface area (TPSA) is 78.9 Å². The van der Waals surface area contributed by atoms with Crippen LogP contribution in [0.4, 0.5) is 10.5 Å². The number of methoxy groups -OCH3 is 1. The Bertz CT molecular complexity index is 544. The highest BCUT2D eigenvalue weighted by Gasteiger charge is 2.25. The molecule has 21 heavy (non-hydrogen) atoms. The summed E-state index contributed by atoms with van der Waals surface area (Å²) in [6.07, 6.45) is 2.11. The van der Waals surface area contributed by atoms with Gasteiger partial charge in [0.05, 0.1) is 7.11 Å². The fourth-order valence-electron chi connectivity index (χ4n) is 2.50. The molecule has 114 valence electrons. The van der Waals surface area contributed by atoms with Crippen molar-refractivity contribution in [3.63, 3.8) is 0 Å². The number of ether oxygens (including phenoxy) is 1. The molecule has 1 saturated heterocycles. The van der Waals surface area contributed by atoms with Crippen LogP contribution in [0.2, 0.25) is 0 Å². The highest BCUT2D eigenvalue weighted by molar-refractivity contribution is 5.94. The van der Waals surface area contributed by atoms with Crippen LogP contribution in [0.25, 0.3) is 0 Å². The van der Waals surface area contributed by atoms with Gasteiger partial charge < -0.3 is 20.1 Å². The van der Waals surface area contributed by atoms with E-state index < -0.39 is 5.97 Å². The van der Waals surface area contributed by atoms with E-state index in [-0.39, 0.29) is 17.3 Å². The number of likely N-dealkylation sites (tertiary alicyclic amines) is 1. The summed E-state index contributed by atoms with van der Waals surface area (Å²) in [7, 11) is 1.40. The summed E-state index contributed by atoms with van der Waals surface area (Å²) < 4.78 is 5.04. The molecule has 1 aliphatic rings. The summed E-state index contributed by atoms with van der Waals surface area (Å²) in [6.45, 7) is 3.66. The molecule has 1 aromatic carbocycles. The Morgan fingerprint density at radius 1 is 1.48 bits per heavy atom. The van der Waals surface area contributed by atoms with E-state index in [9.17, 15) is 9.59 Å². The Balaban J connectivity index is 2.06. The number of benzene rings is 1. The molecule has 1 atom stereocenters. The van der Waals surface area contributed by atoms with Crippen LogP contribution in [0.3, 0.4) is 0 Å². The average molecular weight is 292 g/mol. The van der Waals surface area contributed by atoms with Crippen molar-refractivity contribution in [1.29, 1.82) is 0 Å². The molecule has 0 spiro atoms. The summed E-state index contributed by atoms with van der Waals surface area (Å²) in [5.74, 6) is -0.261. The first-order valence-electron chi connectivity index (χ1n) is 7.02. The molecule has 0 aliphatic carbocycles. The molecule has 1 unspecified atom stereocenters. The third kappa shape index (κ3) is 3.45. The van der Waals surface area contributed by atoms with E-state index >= 15 is 0 Å². The highest BCUT2D eigenvalue weighted by Crippen LogP contribution is 2.24. The molecule has 1 heterocycles. The SMILES string of the molecule is CCC1CCN(C(=O)Nc2ccc(C(=O)O)c(OC)c2)C1. The van der Waals surface area contributed by atoms with Crippen LogP contribution < -0.4 is 10.1 Å². The third-order valence-corrected chi connectivity index (χ3v) is 3.83. The molecule has 0 radical (unpaired) electrons. The minimum absolute atomic E-state index is 0.0720. The van der Waals surface area contributed by atoms with Gasteiger partial charge in [-0.25, -0.2) is 9.59 Å². The maximum absolute atomic E-state index is 12.2. The van der Waals surface area contributed by atoms with Crippen molar-refractivity contribution in [3.8, 4) is 5.75 Å². The number of nitrogens with zero attached hydrogens (tertiary/aromatic N) is 1. The molecule has 0 aromatic heterocycles. The first-order chi connectivity index (χ1) is 10.0. The van der Waals surface area contributed by atoms with Gasteiger partial charge in [-0.1, -0.05) is 13.3 Å². The lowest BCUT2D eigenvalue weighted by Crippen LogP contribution is -2.32. The number of nitrogens with one attached hydrogen (secondary N) is 1. The molecule has 1 fully saturated rings. The zero-order valence-corrected chi connectivity index (χ0v) is 12.3. The first-order valence-corrected chi connectivity index (χ1v) is 7.02. The zero-order valence-electron chi connectivity index (χ0n) is 12.3. The number of aromatic carboxylic acids is 1. The summed E-state index contributed by atoms with van der Waals surface area (Å²) in [6, 6.07) is 4.36. The van der Waals surface area contributed by atoms with E-state index in [1.807, 2.05) is 0 Å². The van der Waals surface area contributed by atoms with Gasteiger partial charge in [-0.15, -0.1) is 0 Å². The molecule has 1 aromatic rings. The van der Waals surface area contributed by atoms with Gasteiger partial charge in [0.2, 0.25) is 0 Å². The smallest absolute Gasteiger partial charge is 0.339 e. The van der Waals surface area contributed by atoms with Crippen molar-refractivity contribution >= 4 is 17.7 Å². The normalized spacial score (nSPS) is 17.6. The summed E-state index contributed by atoms with van der Waals surface area (Å²) in [5.41, 5.74) is 0.601. The van der Waals surface area contributed by atoms with Crippen LogP contribution in [0.1, 0.15) is 30.1 Å². The number of carbonyl (C=O) groups is 2. The predicted molar refractivity (Wildman–Crippen MR) is 78.9 cm³/mol. The predicted octanol–water partition coefficient (Wildman–Crippen LogP) is 2.66. The zero-order chi connectivity index (χ0) is 15.4. The van der Waals surface area contributed by atoms with Crippen LogP contribution in [-0.2, 0) is 0 Å². The fourth-order valence-corrected chi connectivity index (χ4v) is 2.50. The Morgan fingerprint density at radius 2 is 2.24 bits per heavy atom. The average Bonchev–Trinajstić information content (AvgIpc) is 2.95. The van der Waals surface area contributed by atoms with Gasteiger partial charge in [-0.2, -0.15) is 0 Å². The molecule has 0 bridgehead atoms. The Morgan fingerprint density at radius 3 is 2.81 bits per heavy atom. The van der Waals surface area contributed by atoms with Gasteiger partial charge in [0.25, 0.3) is 0 Å². The second-order valence-electron chi connectivity index (χ2n) is 5.16. The fraction of sp³-hybridized carbons (Fsp3) is 0.467. The van der Waals surface area contributed by atoms with Crippen LogP contribution >= 0.6 is 0 Å². The minimum atomic E-state index is -1.06. The molecule has 1 aliphatic heterocycles. The number of hydrogen-bond donors (Lipinski definition) is 2. The lowest BCUT2D eigenvalue weighted by molar-refractivity contribution is 0.0693. The monoisotopic (exact) mass is 292 g/mol. The van der Waals surface area contributed by atoms with Gasteiger partial charge in [0.15, 0.2) is 0 Å². The van der Waals surface area contributed by atoms with E-state index in [4.69, 9.17) is 9.84 Å². The second-order valence-corrected chi connectivity index (χ2v) is 5.16. The van der Waals surface area contributed by atoms with Crippen LogP contribution in [0.15, 0.2) is 18.2 Å². The number of carboxylic acids is 1. The van der Waals surface area contributed by atoms with E-state index in [0.717, 1.165) is 25.9 Å². The minimum Gasteiger partial charge on any atom is -0.496 e. The Kier molecular flexibility index (Phi) is 4.67. The van der Waals surface area contributed by atoms with Crippen molar-refractivity contribution in [2.45, 2.75) is 19.8 Å². The number of urea groups is 1. The quantitative estimate of drug-likeness (QED) is 0.894. The van der Waals surface area contributed by atoms with Crippen molar-refractivity contribution in [2.24, 2.45) is 5.92 Å². The van der Waals surface area contributed by atoms with Crippen LogP contribution in [-0.4, -0.2) is 42.2 Å². The van der Waals surface area contributed by atoms with Crippen LogP contribution in [0.5, 0.6) is 5.75 Å².